The number of esters is 1. The fourth-order valence-electron chi connectivity index (χ4n) is 2.04. The molecule has 1 N–H and O–H groups in total. The number of carboxylic acids is 1. The van der Waals surface area contributed by atoms with Gasteiger partial charge in [-0.2, -0.15) is 0 Å². The van der Waals surface area contributed by atoms with Crippen molar-refractivity contribution < 1.29 is 24.2 Å². The van der Waals surface area contributed by atoms with Crippen molar-refractivity contribution in [3.63, 3.8) is 0 Å². The van der Waals surface area contributed by atoms with Gasteiger partial charge in [-0.3, -0.25) is 0 Å². The molecule has 0 heterocycles. The van der Waals surface area contributed by atoms with Crippen LogP contribution >= 0.6 is 23.2 Å². The molecule has 2 aromatic rings. The van der Waals surface area contributed by atoms with E-state index in [-0.39, 0.29) is 22.9 Å². The number of carboxylic acid groups (broad SMARTS) is 1. The third-order valence-electron chi connectivity index (χ3n) is 3.16. The monoisotopic (exact) mass is 368 g/mol. The Balaban J connectivity index is 2.06. The first kappa shape index (κ1) is 18.1. The zero-order valence-electron chi connectivity index (χ0n) is 12.9. The van der Waals surface area contributed by atoms with Crippen LogP contribution in [0.4, 0.5) is 0 Å². The Labute approximate surface area is 148 Å². The Bertz CT molecular complexity index is 779. The molecular formula is C17H14Cl2O5. The molecule has 0 fully saturated rings. The van der Waals surface area contributed by atoms with Crippen molar-refractivity contribution in [1.82, 2.24) is 0 Å². The van der Waals surface area contributed by atoms with E-state index in [1.54, 1.807) is 12.1 Å². The summed E-state index contributed by atoms with van der Waals surface area (Å²) in [5.41, 5.74) is 1.45. The van der Waals surface area contributed by atoms with Crippen molar-refractivity contribution in [2.24, 2.45) is 0 Å². The predicted molar refractivity (Wildman–Crippen MR) is 90.5 cm³/mol. The fourth-order valence-corrected chi connectivity index (χ4v) is 2.32. The summed E-state index contributed by atoms with van der Waals surface area (Å²) in [5, 5.41) is 9.97. The molecule has 0 bridgehead atoms. The number of hydrogen-bond acceptors (Lipinski definition) is 4. The van der Waals surface area contributed by atoms with Gasteiger partial charge < -0.3 is 14.6 Å². The van der Waals surface area contributed by atoms with Crippen LogP contribution in [0.25, 0.3) is 0 Å². The lowest BCUT2D eigenvalue weighted by molar-refractivity contribution is -0.136. The molecule has 0 unspecified atom stereocenters. The number of ether oxygens (including phenoxy) is 2. The second-order valence-electron chi connectivity index (χ2n) is 5.08. The van der Waals surface area contributed by atoms with Crippen LogP contribution in [0.5, 0.6) is 11.5 Å². The van der Waals surface area contributed by atoms with Gasteiger partial charge in [0.1, 0.15) is 17.1 Å². The van der Waals surface area contributed by atoms with Crippen LogP contribution in [0.3, 0.4) is 0 Å². The van der Waals surface area contributed by atoms with E-state index in [0.717, 1.165) is 11.1 Å². The van der Waals surface area contributed by atoms with Crippen LogP contribution in [0.1, 0.15) is 21.5 Å². The average Bonchev–Trinajstić information content (AvgIpc) is 2.52. The molecular weight excluding hydrogens is 355 g/mol. The van der Waals surface area contributed by atoms with Crippen LogP contribution in [0.2, 0.25) is 10.0 Å². The summed E-state index contributed by atoms with van der Waals surface area (Å²) in [7, 11) is 0. The second-order valence-corrected chi connectivity index (χ2v) is 5.89. The number of benzene rings is 2. The summed E-state index contributed by atoms with van der Waals surface area (Å²) in [6, 6.07) is 7.37. The van der Waals surface area contributed by atoms with Crippen molar-refractivity contribution in [2.45, 2.75) is 13.8 Å². The molecule has 0 radical (unpaired) electrons. The van der Waals surface area contributed by atoms with Gasteiger partial charge in [-0.25, -0.2) is 9.59 Å². The summed E-state index contributed by atoms with van der Waals surface area (Å²) in [5.74, 6) is -1.60. The number of aryl methyl sites for hydroxylation is 2. The van der Waals surface area contributed by atoms with Crippen molar-refractivity contribution in [2.75, 3.05) is 6.61 Å². The highest BCUT2D eigenvalue weighted by Gasteiger charge is 2.16. The zero-order chi connectivity index (χ0) is 17.9. The summed E-state index contributed by atoms with van der Waals surface area (Å²) >= 11 is 11.8. The minimum Gasteiger partial charge on any atom is -0.482 e. The van der Waals surface area contributed by atoms with Crippen LogP contribution in [-0.4, -0.2) is 23.7 Å². The van der Waals surface area contributed by atoms with Gasteiger partial charge in [0.05, 0.1) is 0 Å². The number of carbonyl (C=O) groups is 2. The maximum absolute atomic E-state index is 11.9. The normalized spacial score (nSPS) is 10.3. The minimum atomic E-state index is -1.25. The number of halogens is 2. The molecule has 126 valence electrons. The van der Waals surface area contributed by atoms with E-state index in [1.807, 2.05) is 13.8 Å². The molecule has 2 aromatic carbocycles. The summed E-state index contributed by atoms with van der Waals surface area (Å²) in [4.78, 5) is 23.0. The maximum atomic E-state index is 11.9. The lowest BCUT2D eigenvalue weighted by Gasteiger charge is -2.11. The van der Waals surface area contributed by atoms with E-state index in [4.69, 9.17) is 37.8 Å². The highest BCUT2D eigenvalue weighted by Crippen LogP contribution is 2.26. The highest BCUT2D eigenvalue weighted by molar-refractivity contribution is 6.32. The summed E-state index contributed by atoms with van der Waals surface area (Å²) < 4.78 is 10.4. The zero-order valence-corrected chi connectivity index (χ0v) is 14.4. The molecule has 0 aromatic heterocycles. The van der Waals surface area contributed by atoms with Gasteiger partial charge in [-0.05, 0) is 55.3 Å². The lowest BCUT2D eigenvalue weighted by atomic mass is 10.1. The standard InChI is InChI=1S/C17H14Cl2O5/c1-9-5-12(6-10(2)16(9)19)23-8-15(20)24-14-4-3-11(18)7-13(14)17(21)22/h3-7H,8H2,1-2H3,(H,21,22). The van der Waals surface area contributed by atoms with Gasteiger partial charge in [-0.15, -0.1) is 0 Å². The topological polar surface area (TPSA) is 72.8 Å². The van der Waals surface area contributed by atoms with Crippen LogP contribution in [0.15, 0.2) is 30.3 Å². The summed E-state index contributed by atoms with van der Waals surface area (Å²) in [6.45, 7) is 3.28. The summed E-state index contributed by atoms with van der Waals surface area (Å²) in [6.07, 6.45) is 0. The van der Waals surface area contributed by atoms with Crippen molar-refractivity contribution in [3.8, 4) is 11.5 Å². The number of rotatable bonds is 5. The molecule has 0 aliphatic rings. The highest BCUT2D eigenvalue weighted by atomic mass is 35.5. The third-order valence-corrected chi connectivity index (χ3v) is 3.99. The number of hydrogen-bond donors (Lipinski definition) is 1. The Kier molecular flexibility index (Phi) is 5.70. The number of carbonyl (C=O) groups excluding carboxylic acids is 1. The van der Waals surface area contributed by atoms with Crippen molar-refractivity contribution in [1.29, 1.82) is 0 Å². The van der Waals surface area contributed by atoms with Crippen molar-refractivity contribution in [3.05, 3.63) is 57.1 Å². The van der Waals surface area contributed by atoms with E-state index in [0.29, 0.717) is 10.8 Å². The minimum absolute atomic E-state index is 0.0935. The van der Waals surface area contributed by atoms with E-state index in [9.17, 15) is 9.59 Å². The second kappa shape index (κ2) is 7.55. The molecule has 2 rings (SSSR count). The Morgan fingerprint density at radius 3 is 2.29 bits per heavy atom. The van der Waals surface area contributed by atoms with Crippen LogP contribution in [-0.2, 0) is 4.79 Å². The fraction of sp³-hybridized carbons (Fsp3) is 0.176. The largest absolute Gasteiger partial charge is 0.482 e. The van der Waals surface area contributed by atoms with Gasteiger partial charge in [0.25, 0.3) is 0 Å². The van der Waals surface area contributed by atoms with Gasteiger partial charge in [0.2, 0.25) is 0 Å². The molecule has 0 aliphatic carbocycles. The Morgan fingerprint density at radius 1 is 1.08 bits per heavy atom. The SMILES string of the molecule is Cc1cc(OCC(=O)Oc2ccc(Cl)cc2C(=O)O)cc(C)c1Cl. The molecule has 0 saturated carbocycles. The van der Waals surface area contributed by atoms with Crippen molar-refractivity contribution >= 4 is 35.1 Å². The van der Waals surface area contributed by atoms with E-state index in [2.05, 4.69) is 0 Å². The van der Waals surface area contributed by atoms with Gasteiger partial charge in [0.15, 0.2) is 6.61 Å². The van der Waals surface area contributed by atoms with E-state index < -0.39 is 11.9 Å². The third kappa shape index (κ3) is 4.40. The number of aromatic carboxylic acids is 1. The average molecular weight is 369 g/mol. The smallest absolute Gasteiger partial charge is 0.349 e. The molecule has 5 nitrogen and oxygen atoms in total. The Morgan fingerprint density at radius 2 is 1.71 bits per heavy atom. The molecule has 24 heavy (non-hydrogen) atoms. The van der Waals surface area contributed by atoms with Crippen LogP contribution < -0.4 is 9.47 Å². The van der Waals surface area contributed by atoms with E-state index >= 15 is 0 Å². The first-order valence-corrected chi connectivity index (χ1v) is 7.66. The molecule has 0 aliphatic heterocycles. The molecule has 0 spiro atoms. The molecule has 0 atom stereocenters. The quantitative estimate of drug-likeness (QED) is 0.629. The van der Waals surface area contributed by atoms with E-state index in [1.165, 1.54) is 18.2 Å². The lowest BCUT2D eigenvalue weighted by Crippen LogP contribution is -2.19. The van der Waals surface area contributed by atoms with Gasteiger partial charge in [0, 0.05) is 10.0 Å². The predicted octanol–water partition coefficient (Wildman–Crippen LogP) is 4.29. The first-order chi connectivity index (χ1) is 11.3. The first-order valence-electron chi connectivity index (χ1n) is 6.91. The van der Waals surface area contributed by atoms with Gasteiger partial charge in [-0.1, -0.05) is 23.2 Å². The van der Waals surface area contributed by atoms with Crippen LogP contribution in [0, 0.1) is 13.8 Å². The molecule has 7 heteroatoms. The molecule has 0 saturated heterocycles. The molecule has 0 amide bonds. The maximum Gasteiger partial charge on any atom is 0.349 e. The van der Waals surface area contributed by atoms with Gasteiger partial charge >= 0.3 is 11.9 Å². The Hall–Kier alpha value is -2.24.